The van der Waals surface area contributed by atoms with Crippen molar-refractivity contribution in [2.75, 3.05) is 25.7 Å². The Labute approximate surface area is 147 Å². The maximum absolute atomic E-state index is 12.5. The Morgan fingerprint density at radius 3 is 2.42 bits per heavy atom. The molecule has 0 aliphatic carbocycles. The Kier molecular flexibility index (Phi) is 5.69. The van der Waals surface area contributed by atoms with Crippen molar-refractivity contribution in [3.05, 3.63) is 53.6 Å². The summed E-state index contributed by atoms with van der Waals surface area (Å²) in [6.07, 6.45) is 1.90. The van der Waals surface area contributed by atoms with Gasteiger partial charge in [-0.25, -0.2) is 12.7 Å². The largest absolute Gasteiger partial charge is 0.322 e. The van der Waals surface area contributed by atoms with Gasteiger partial charge in [-0.3, -0.25) is 4.79 Å². The van der Waals surface area contributed by atoms with Crippen LogP contribution in [-0.2, 0) is 10.0 Å². The number of amides is 1. The van der Waals surface area contributed by atoms with Crippen molar-refractivity contribution < 1.29 is 13.2 Å². The zero-order valence-electron chi connectivity index (χ0n) is 14.0. The van der Waals surface area contributed by atoms with Crippen LogP contribution in [0.25, 0.3) is 0 Å². The van der Waals surface area contributed by atoms with E-state index in [2.05, 4.69) is 5.32 Å². The molecule has 0 aromatic heterocycles. The fraction of sp³-hybridized carbons (Fsp3) is 0.235. The Morgan fingerprint density at radius 2 is 1.79 bits per heavy atom. The van der Waals surface area contributed by atoms with E-state index in [9.17, 15) is 13.2 Å². The van der Waals surface area contributed by atoms with Crippen molar-refractivity contribution in [1.29, 1.82) is 0 Å². The van der Waals surface area contributed by atoms with Crippen LogP contribution in [0.3, 0.4) is 0 Å². The van der Waals surface area contributed by atoms with E-state index < -0.39 is 10.0 Å². The van der Waals surface area contributed by atoms with Crippen molar-refractivity contribution in [3.63, 3.8) is 0 Å². The number of nitrogens with one attached hydrogen (secondary N) is 1. The van der Waals surface area contributed by atoms with Gasteiger partial charge in [0.05, 0.1) is 10.5 Å². The highest BCUT2D eigenvalue weighted by atomic mass is 32.2. The summed E-state index contributed by atoms with van der Waals surface area (Å²) >= 11 is 1.48. The van der Waals surface area contributed by atoms with Gasteiger partial charge in [0.1, 0.15) is 0 Å². The first-order valence-electron chi connectivity index (χ1n) is 7.25. The number of hydrogen-bond acceptors (Lipinski definition) is 4. The number of benzene rings is 2. The lowest BCUT2D eigenvalue weighted by atomic mass is 10.2. The summed E-state index contributed by atoms with van der Waals surface area (Å²) < 4.78 is 25.9. The Hall–Kier alpha value is -1.83. The molecule has 0 saturated heterocycles. The third-order valence-corrected chi connectivity index (χ3v) is 6.31. The van der Waals surface area contributed by atoms with Gasteiger partial charge in [0.25, 0.3) is 5.91 Å². The van der Waals surface area contributed by atoms with Gasteiger partial charge >= 0.3 is 0 Å². The van der Waals surface area contributed by atoms with Crippen LogP contribution < -0.4 is 5.32 Å². The highest BCUT2D eigenvalue weighted by Gasteiger charge is 2.20. The van der Waals surface area contributed by atoms with Crippen molar-refractivity contribution in [3.8, 4) is 0 Å². The Morgan fingerprint density at radius 1 is 1.12 bits per heavy atom. The van der Waals surface area contributed by atoms with Crippen LogP contribution in [-0.4, -0.2) is 39.0 Å². The maximum atomic E-state index is 12.5. The van der Waals surface area contributed by atoms with Crippen LogP contribution >= 0.6 is 11.8 Å². The predicted molar refractivity (Wildman–Crippen MR) is 98.2 cm³/mol. The van der Waals surface area contributed by atoms with E-state index in [0.29, 0.717) is 16.8 Å². The lowest BCUT2D eigenvalue weighted by Gasteiger charge is -2.15. The summed E-state index contributed by atoms with van der Waals surface area (Å²) in [5, 5.41) is 2.78. The first kappa shape index (κ1) is 18.5. The topological polar surface area (TPSA) is 66.5 Å². The molecule has 2 aromatic rings. The Bertz CT molecular complexity index is 862. The zero-order valence-corrected chi connectivity index (χ0v) is 15.7. The van der Waals surface area contributed by atoms with E-state index in [1.165, 1.54) is 31.9 Å². The summed E-state index contributed by atoms with van der Waals surface area (Å²) in [6.45, 7) is 1.73. The molecule has 5 nitrogen and oxygen atoms in total. The fourth-order valence-electron chi connectivity index (χ4n) is 2.18. The van der Waals surface area contributed by atoms with Gasteiger partial charge in [0.15, 0.2) is 0 Å². The molecule has 0 radical (unpaired) electrons. The number of sulfonamides is 1. The number of rotatable bonds is 5. The second-order valence-corrected chi connectivity index (χ2v) is 8.39. The summed E-state index contributed by atoms with van der Waals surface area (Å²) in [7, 11) is -0.604. The molecule has 128 valence electrons. The van der Waals surface area contributed by atoms with Gasteiger partial charge in [-0.2, -0.15) is 0 Å². The van der Waals surface area contributed by atoms with Crippen molar-refractivity contribution in [2.24, 2.45) is 0 Å². The van der Waals surface area contributed by atoms with Gasteiger partial charge in [0.2, 0.25) is 10.0 Å². The molecule has 0 spiro atoms. The molecule has 2 aromatic carbocycles. The van der Waals surface area contributed by atoms with Crippen molar-refractivity contribution in [2.45, 2.75) is 16.7 Å². The van der Waals surface area contributed by atoms with Crippen LogP contribution in [0.4, 0.5) is 5.69 Å². The summed E-state index contributed by atoms with van der Waals surface area (Å²) in [5.41, 5.74) is 1.63. The van der Waals surface area contributed by atoms with Crippen molar-refractivity contribution in [1.82, 2.24) is 4.31 Å². The van der Waals surface area contributed by atoms with Gasteiger partial charge in [-0.15, -0.1) is 11.8 Å². The SMILES string of the molecule is CSc1ccccc1C(=O)Nc1ccc(C)c(S(=O)(=O)N(C)C)c1. The van der Waals surface area contributed by atoms with Gasteiger partial charge in [0, 0.05) is 24.7 Å². The van der Waals surface area contributed by atoms with Crippen LogP contribution in [0.5, 0.6) is 0 Å². The predicted octanol–water partition coefficient (Wildman–Crippen LogP) is 3.22. The third-order valence-electron chi connectivity index (χ3n) is 3.56. The van der Waals surface area contributed by atoms with E-state index in [1.807, 2.05) is 18.4 Å². The van der Waals surface area contributed by atoms with Gasteiger partial charge in [-0.05, 0) is 43.0 Å². The fourth-order valence-corrected chi connectivity index (χ4v) is 3.92. The molecule has 0 unspecified atom stereocenters. The average Bonchev–Trinajstić information content (AvgIpc) is 2.56. The maximum Gasteiger partial charge on any atom is 0.256 e. The molecule has 0 bridgehead atoms. The molecule has 7 heteroatoms. The summed E-state index contributed by atoms with van der Waals surface area (Å²) in [5.74, 6) is -0.267. The van der Waals surface area contributed by atoms with Crippen LogP contribution in [0.1, 0.15) is 15.9 Å². The number of nitrogens with zero attached hydrogens (tertiary/aromatic N) is 1. The second-order valence-electron chi connectivity index (χ2n) is 5.42. The first-order valence-corrected chi connectivity index (χ1v) is 9.91. The van der Waals surface area contributed by atoms with Gasteiger partial charge < -0.3 is 5.32 Å². The number of carbonyl (C=O) groups excluding carboxylic acids is 1. The molecule has 0 heterocycles. The quantitative estimate of drug-likeness (QED) is 0.827. The van der Waals surface area contributed by atoms with E-state index in [4.69, 9.17) is 0 Å². The third kappa shape index (κ3) is 3.80. The molecule has 0 atom stereocenters. The minimum atomic E-state index is -3.57. The molecule has 1 amide bonds. The zero-order chi connectivity index (χ0) is 17.9. The van der Waals surface area contributed by atoms with Crippen molar-refractivity contribution >= 4 is 33.4 Å². The number of thioether (sulfide) groups is 1. The minimum Gasteiger partial charge on any atom is -0.322 e. The second kappa shape index (κ2) is 7.38. The van der Waals surface area contributed by atoms with Crippen LogP contribution in [0, 0.1) is 6.92 Å². The van der Waals surface area contributed by atoms with E-state index in [0.717, 1.165) is 9.20 Å². The first-order chi connectivity index (χ1) is 11.3. The highest BCUT2D eigenvalue weighted by molar-refractivity contribution is 7.98. The molecule has 24 heavy (non-hydrogen) atoms. The smallest absolute Gasteiger partial charge is 0.256 e. The monoisotopic (exact) mass is 364 g/mol. The standard InChI is InChI=1S/C17H20N2O3S2/c1-12-9-10-13(11-16(12)24(21,22)19(2)3)18-17(20)14-7-5-6-8-15(14)23-4/h5-11H,1-4H3,(H,18,20). The lowest BCUT2D eigenvalue weighted by Crippen LogP contribution is -2.23. The number of carbonyl (C=O) groups is 1. The van der Waals surface area contributed by atoms with Gasteiger partial charge in [-0.1, -0.05) is 18.2 Å². The Balaban J connectivity index is 2.36. The van der Waals surface area contributed by atoms with Crippen LogP contribution in [0.2, 0.25) is 0 Å². The molecule has 2 rings (SSSR count). The molecule has 0 saturated carbocycles. The number of aryl methyl sites for hydroxylation is 1. The lowest BCUT2D eigenvalue weighted by molar-refractivity contribution is 0.102. The van der Waals surface area contributed by atoms with Crippen LogP contribution in [0.15, 0.2) is 52.3 Å². The molecule has 0 aliphatic rings. The summed E-state index contributed by atoms with van der Waals surface area (Å²) in [4.78, 5) is 13.5. The highest BCUT2D eigenvalue weighted by Crippen LogP contribution is 2.24. The molecular weight excluding hydrogens is 344 g/mol. The summed E-state index contributed by atoms with van der Waals surface area (Å²) in [6, 6.07) is 12.2. The molecule has 0 aliphatic heterocycles. The number of hydrogen-bond donors (Lipinski definition) is 1. The van der Waals surface area contributed by atoms with E-state index in [-0.39, 0.29) is 10.8 Å². The number of anilines is 1. The molecular formula is C17H20N2O3S2. The molecule has 1 N–H and O–H groups in total. The van der Waals surface area contributed by atoms with E-state index >= 15 is 0 Å². The normalized spacial score (nSPS) is 11.5. The minimum absolute atomic E-state index is 0.184. The van der Waals surface area contributed by atoms with E-state index in [1.54, 1.807) is 31.2 Å². The molecule has 0 fully saturated rings. The average molecular weight is 364 g/mol.